The minimum atomic E-state index is -0.972. The molecule has 0 saturated carbocycles. The molecule has 1 aliphatic heterocycles. The predicted molar refractivity (Wildman–Crippen MR) is 157 cm³/mol. The molecule has 0 unspecified atom stereocenters. The number of hydrogen-bond donors (Lipinski definition) is 3. The van der Waals surface area contributed by atoms with Crippen molar-refractivity contribution in [1.29, 1.82) is 0 Å². The summed E-state index contributed by atoms with van der Waals surface area (Å²) in [6.07, 6.45) is 1.56. The van der Waals surface area contributed by atoms with Crippen LogP contribution in [0.25, 0.3) is 0 Å². The van der Waals surface area contributed by atoms with Crippen LogP contribution in [0.15, 0.2) is 84.9 Å². The largest absolute Gasteiger partial charge is 0.481 e. The summed E-state index contributed by atoms with van der Waals surface area (Å²) in [5.41, 5.74) is 3.67. The van der Waals surface area contributed by atoms with Gasteiger partial charge in [-0.25, -0.2) is 0 Å². The highest BCUT2D eigenvalue weighted by atomic mass is 16.4. The Bertz CT molecular complexity index is 1250. The number of anilines is 1. The van der Waals surface area contributed by atoms with Gasteiger partial charge in [-0.1, -0.05) is 66.7 Å². The van der Waals surface area contributed by atoms with Crippen molar-refractivity contribution in [3.8, 4) is 0 Å². The fourth-order valence-electron chi connectivity index (χ4n) is 4.97. The number of aliphatic carboxylic acids is 1. The van der Waals surface area contributed by atoms with Gasteiger partial charge < -0.3 is 25.5 Å². The quantitative estimate of drug-likeness (QED) is 0.306. The van der Waals surface area contributed by atoms with Crippen molar-refractivity contribution in [2.24, 2.45) is 0 Å². The maximum atomic E-state index is 13.7. The summed E-state index contributed by atoms with van der Waals surface area (Å²) in [5.74, 6) is -1.55. The molecule has 1 atom stereocenters. The van der Waals surface area contributed by atoms with Crippen LogP contribution in [0.1, 0.15) is 34.3 Å². The zero-order valence-corrected chi connectivity index (χ0v) is 22.8. The van der Waals surface area contributed by atoms with Crippen LogP contribution in [0.2, 0.25) is 0 Å². The first-order valence-corrected chi connectivity index (χ1v) is 13.9. The van der Waals surface area contributed by atoms with E-state index in [4.69, 9.17) is 0 Å². The van der Waals surface area contributed by atoms with Gasteiger partial charge in [-0.2, -0.15) is 0 Å². The van der Waals surface area contributed by atoms with E-state index >= 15 is 0 Å². The lowest BCUT2D eigenvalue weighted by Crippen LogP contribution is -2.45. The molecule has 3 aromatic carbocycles. The predicted octanol–water partition coefficient (Wildman–Crippen LogP) is 3.37. The number of piperazine rings is 1. The first-order chi connectivity index (χ1) is 19.5. The van der Waals surface area contributed by atoms with Gasteiger partial charge in [-0.3, -0.25) is 14.4 Å². The number of hydrogen-bond acceptors (Lipinski definition) is 5. The monoisotopic (exact) mass is 542 g/mol. The minimum Gasteiger partial charge on any atom is -0.481 e. The summed E-state index contributed by atoms with van der Waals surface area (Å²) in [6, 6.07) is 26.7. The van der Waals surface area contributed by atoms with Gasteiger partial charge >= 0.3 is 5.97 Å². The number of nitrogens with zero attached hydrogens (tertiary/aromatic N) is 2. The van der Waals surface area contributed by atoms with Crippen LogP contribution >= 0.6 is 0 Å². The number of carbonyl (C=O) groups is 3. The van der Waals surface area contributed by atoms with Crippen molar-refractivity contribution < 1.29 is 19.5 Å². The van der Waals surface area contributed by atoms with Gasteiger partial charge in [-0.05, 0) is 48.6 Å². The van der Waals surface area contributed by atoms with Gasteiger partial charge in [0.05, 0.1) is 13.0 Å². The molecule has 1 heterocycles. The number of nitrogens with one attached hydrogen (secondary N) is 2. The van der Waals surface area contributed by atoms with E-state index in [9.17, 15) is 19.5 Å². The molecule has 2 amide bonds. The van der Waals surface area contributed by atoms with Crippen LogP contribution in [-0.2, 0) is 22.4 Å². The third-order valence-corrected chi connectivity index (χ3v) is 7.12. The summed E-state index contributed by atoms with van der Waals surface area (Å²) < 4.78 is 0. The lowest BCUT2D eigenvalue weighted by Gasteiger charge is -2.30. The Balaban J connectivity index is 1.46. The normalized spacial score (nSPS) is 13.8. The standard InChI is InChI=1S/C32H38N4O4/c37-30(34-28(23-31(38)39)15-14-25-8-3-1-4-9-25)24-36(19-16-26-10-5-2-6-11-26)32(40)27-12-7-13-29(22-27)35-20-17-33-18-21-35/h1-13,22,28,33H,14-21,23-24H2,(H,34,37)(H,38,39)/t28-/m1/s1. The van der Waals surface area contributed by atoms with E-state index in [2.05, 4.69) is 15.5 Å². The van der Waals surface area contributed by atoms with Gasteiger partial charge in [0.1, 0.15) is 0 Å². The van der Waals surface area contributed by atoms with Crippen LogP contribution < -0.4 is 15.5 Å². The number of benzene rings is 3. The van der Waals surface area contributed by atoms with Crippen molar-refractivity contribution in [2.75, 3.05) is 44.2 Å². The molecular formula is C32H38N4O4. The third kappa shape index (κ3) is 8.95. The van der Waals surface area contributed by atoms with E-state index < -0.39 is 12.0 Å². The Labute approximate surface area is 236 Å². The molecule has 8 nitrogen and oxygen atoms in total. The summed E-state index contributed by atoms with van der Waals surface area (Å²) in [7, 11) is 0. The zero-order valence-electron chi connectivity index (χ0n) is 22.8. The van der Waals surface area contributed by atoms with Crippen LogP contribution in [0, 0.1) is 0 Å². The van der Waals surface area contributed by atoms with Gasteiger partial charge in [0.2, 0.25) is 5.91 Å². The maximum Gasteiger partial charge on any atom is 0.305 e. The Morgan fingerprint density at radius 1 is 0.875 bits per heavy atom. The molecule has 40 heavy (non-hydrogen) atoms. The molecule has 1 fully saturated rings. The topological polar surface area (TPSA) is 102 Å². The molecule has 0 aliphatic carbocycles. The molecule has 3 aromatic rings. The van der Waals surface area contributed by atoms with Crippen LogP contribution in [0.5, 0.6) is 0 Å². The molecule has 1 saturated heterocycles. The molecule has 4 rings (SSSR count). The molecule has 0 bridgehead atoms. The van der Waals surface area contributed by atoms with Crippen molar-refractivity contribution in [1.82, 2.24) is 15.5 Å². The molecular weight excluding hydrogens is 504 g/mol. The van der Waals surface area contributed by atoms with E-state index in [0.29, 0.717) is 31.4 Å². The van der Waals surface area contributed by atoms with Gasteiger partial charge in [0.15, 0.2) is 0 Å². The zero-order chi connectivity index (χ0) is 28.2. The minimum absolute atomic E-state index is 0.148. The van der Waals surface area contributed by atoms with Crippen LogP contribution in [-0.4, -0.2) is 73.1 Å². The van der Waals surface area contributed by atoms with Gasteiger partial charge in [0, 0.05) is 50.0 Å². The van der Waals surface area contributed by atoms with E-state index in [0.717, 1.165) is 43.0 Å². The lowest BCUT2D eigenvalue weighted by molar-refractivity contribution is -0.137. The third-order valence-electron chi connectivity index (χ3n) is 7.12. The Hall–Kier alpha value is -4.17. The molecule has 0 aromatic heterocycles. The molecule has 1 aliphatic rings. The molecule has 0 radical (unpaired) electrons. The maximum absolute atomic E-state index is 13.7. The van der Waals surface area contributed by atoms with E-state index in [1.165, 1.54) is 0 Å². The number of carboxylic acids is 1. The highest BCUT2D eigenvalue weighted by Crippen LogP contribution is 2.18. The second-order valence-electron chi connectivity index (χ2n) is 10.1. The van der Waals surface area contributed by atoms with Crippen molar-refractivity contribution in [3.05, 3.63) is 102 Å². The van der Waals surface area contributed by atoms with Gasteiger partial charge in [0.25, 0.3) is 5.91 Å². The summed E-state index contributed by atoms with van der Waals surface area (Å²) in [6.45, 7) is 3.73. The number of carboxylic acid groups (broad SMARTS) is 1. The fourth-order valence-corrected chi connectivity index (χ4v) is 4.97. The first-order valence-electron chi connectivity index (χ1n) is 13.9. The fraction of sp³-hybridized carbons (Fsp3) is 0.344. The molecule has 8 heteroatoms. The number of amides is 2. The molecule has 3 N–H and O–H groups in total. The Morgan fingerprint density at radius 3 is 2.17 bits per heavy atom. The Morgan fingerprint density at radius 2 is 1.52 bits per heavy atom. The van der Waals surface area contributed by atoms with Crippen LogP contribution in [0.3, 0.4) is 0 Å². The first kappa shape index (κ1) is 28.8. The van der Waals surface area contributed by atoms with Crippen molar-refractivity contribution in [2.45, 2.75) is 31.7 Å². The van der Waals surface area contributed by atoms with Crippen molar-refractivity contribution in [3.63, 3.8) is 0 Å². The van der Waals surface area contributed by atoms with Crippen molar-refractivity contribution >= 4 is 23.5 Å². The summed E-state index contributed by atoms with van der Waals surface area (Å²) >= 11 is 0. The smallest absolute Gasteiger partial charge is 0.305 e. The SMILES string of the molecule is O=C(O)C[C@@H](CCc1ccccc1)NC(=O)CN(CCc1ccccc1)C(=O)c1cccc(N2CCNCC2)c1. The van der Waals surface area contributed by atoms with Crippen LogP contribution in [0.4, 0.5) is 5.69 Å². The molecule has 0 spiro atoms. The van der Waals surface area contributed by atoms with E-state index in [1.807, 2.05) is 78.9 Å². The highest BCUT2D eigenvalue weighted by molar-refractivity contribution is 5.97. The number of rotatable bonds is 13. The van der Waals surface area contributed by atoms with Gasteiger partial charge in [-0.15, -0.1) is 0 Å². The van der Waals surface area contributed by atoms with E-state index in [-0.39, 0.29) is 24.8 Å². The lowest BCUT2D eigenvalue weighted by atomic mass is 10.0. The second kappa shape index (κ2) is 14.8. The average molecular weight is 543 g/mol. The second-order valence-corrected chi connectivity index (χ2v) is 10.1. The highest BCUT2D eigenvalue weighted by Gasteiger charge is 2.23. The summed E-state index contributed by atoms with van der Waals surface area (Å²) in [5, 5.41) is 15.7. The van der Waals surface area contributed by atoms with E-state index in [1.54, 1.807) is 11.0 Å². The average Bonchev–Trinajstić information content (AvgIpc) is 2.99. The number of carbonyl (C=O) groups excluding carboxylic acids is 2. The Kier molecular flexibility index (Phi) is 10.7. The summed E-state index contributed by atoms with van der Waals surface area (Å²) in [4.78, 5) is 42.3. The number of aryl methyl sites for hydroxylation is 1. The molecule has 210 valence electrons.